The van der Waals surface area contributed by atoms with Crippen LogP contribution in [-0.2, 0) is 0 Å². The zero-order valence-electron chi connectivity index (χ0n) is 11.7. The molecule has 2 amide bonds. The summed E-state index contributed by atoms with van der Waals surface area (Å²) in [5.41, 5.74) is 0.395. The van der Waals surface area contributed by atoms with Crippen LogP contribution in [0.1, 0.15) is 48.9 Å². The SMILES string of the molecule is O=C(Nc1ccc(Cl)c(C(=O)O)c1)NC1CCCCCC1. The van der Waals surface area contributed by atoms with E-state index in [4.69, 9.17) is 16.7 Å². The van der Waals surface area contributed by atoms with Gasteiger partial charge in [-0.15, -0.1) is 0 Å². The number of rotatable bonds is 3. The number of halogens is 1. The maximum atomic E-state index is 12.0. The monoisotopic (exact) mass is 310 g/mol. The van der Waals surface area contributed by atoms with Gasteiger partial charge in [0.2, 0.25) is 0 Å². The van der Waals surface area contributed by atoms with Crippen LogP contribution in [0.15, 0.2) is 18.2 Å². The Morgan fingerprint density at radius 2 is 1.81 bits per heavy atom. The van der Waals surface area contributed by atoms with Gasteiger partial charge in [-0.05, 0) is 31.0 Å². The van der Waals surface area contributed by atoms with E-state index in [-0.39, 0.29) is 22.7 Å². The number of carboxylic acids is 1. The molecule has 114 valence electrons. The average Bonchev–Trinajstić information content (AvgIpc) is 2.69. The fraction of sp³-hybridized carbons (Fsp3) is 0.467. The number of carboxylic acid groups (broad SMARTS) is 1. The first kappa shape index (κ1) is 15.6. The number of urea groups is 1. The molecule has 0 heterocycles. The quantitative estimate of drug-likeness (QED) is 0.741. The van der Waals surface area contributed by atoms with Gasteiger partial charge < -0.3 is 15.7 Å². The molecular weight excluding hydrogens is 292 g/mol. The smallest absolute Gasteiger partial charge is 0.337 e. The Kier molecular flexibility index (Phi) is 5.44. The van der Waals surface area contributed by atoms with E-state index >= 15 is 0 Å². The molecule has 1 aliphatic carbocycles. The van der Waals surface area contributed by atoms with Crippen molar-refractivity contribution in [2.45, 2.75) is 44.6 Å². The predicted molar refractivity (Wildman–Crippen MR) is 82.1 cm³/mol. The Hall–Kier alpha value is -1.75. The van der Waals surface area contributed by atoms with Crippen LogP contribution in [-0.4, -0.2) is 23.1 Å². The Morgan fingerprint density at radius 3 is 2.43 bits per heavy atom. The Bertz CT molecular complexity index is 526. The van der Waals surface area contributed by atoms with Gasteiger partial charge in [-0.3, -0.25) is 0 Å². The average molecular weight is 311 g/mol. The van der Waals surface area contributed by atoms with Crippen LogP contribution in [0.5, 0.6) is 0 Å². The largest absolute Gasteiger partial charge is 0.478 e. The molecule has 0 unspecified atom stereocenters. The van der Waals surface area contributed by atoms with Gasteiger partial charge in [0.05, 0.1) is 10.6 Å². The van der Waals surface area contributed by atoms with E-state index in [1.54, 1.807) is 6.07 Å². The normalized spacial score (nSPS) is 16.0. The lowest BCUT2D eigenvalue weighted by Gasteiger charge is -2.17. The summed E-state index contributed by atoms with van der Waals surface area (Å²) in [6, 6.07) is 4.30. The topological polar surface area (TPSA) is 78.4 Å². The zero-order valence-corrected chi connectivity index (χ0v) is 12.4. The second-order valence-electron chi connectivity index (χ2n) is 5.29. The lowest BCUT2D eigenvalue weighted by Crippen LogP contribution is -2.37. The van der Waals surface area contributed by atoms with E-state index in [0.29, 0.717) is 5.69 Å². The van der Waals surface area contributed by atoms with Gasteiger partial charge in [0.25, 0.3) is 0 Å². The third-order valence-electron chi connectivity index (χ3n) is 3.65. The Labute approximate surface area is 128 Å². The molecule has 21 heavy (non-hydrogen) atoms. The molecule has 3 N–H and O–H groups in total. The standard InChI is InChI=1S/C15H19ClN2O3/c16-13-8-7-11(9-12(13)14(19)20)18-15(21)17-10-5-3-1-2-4-6-10/h7-10H,1-6H2,(H,19,20)(H2,17,18,21). The maximum Gasteiger partial charge on any atom is 0.337 e. The van der Waals surface area contributed by atoms with E-state index in [1.165, 1.54) is 25.0 Å². The molecule has 2 rings (SSSR count). The van der Waals surface area contributed by atoms with Gasteiger partial charge in [0, 0.05) is 11.7 Å². The highest BCUT2D eigenvalue weighted by Gasteiger charge is 2.15. The third-order valence-corrected chi connectivity index (χ3v) is 3.97. The summed E-state index contributed by atoms with van der Waals surface area (Å²) in [4.78, 5) is 23.0. The summed E-state index contributed by atoms with van der Waals surface area (Å²) < 4.78 is 0. The van der Waals surface area contributed by atoms with Crippen molar-refractivity contribution in [3.63, 3.8) is 0 Å². The molecule has 6 heteroatoms. The summed E-state index contributed by atoms with van der Waals surface area (Å²) in [7, 11) is 0. The Morgan fingerprint density at radius 1 is 1.14 bits per heavy atom. The second kappa shape index (κ2) is 7.31. The minimum absolute atomic E-state index is 0.0241. The van der Waals surface area contributed by atoms with Gasteiger partial charge >= 0.3 is 12.0 Å². The van der Waals surface area contributed by atoms with E-state index in [1.807, 2.05) is 0 Å². The number of aromatic carboxylic acids is 1. The lowest BCUT2D eigenvalue weighted by molar-refractivity contribution is 0.0697. The summed E-state index contributed by atoms with van der Waals surface area (Å²) in [6.45, 7) is 0. The molecule has 1 aromatic carbocycles. The highest BCUT2D eigenvalue weighted by molar-refractivity contribution is 6.33. The van der Waals surface area contributed by atoms with Crippen LogP contribution in [0, 0.1) is 0 Å². The molecule has 1 aromatic rings. The summed E-state index contributed by atoms with van der Waals surface area (Å²) in [5.74, 6) is -1.12. The highest BCUT2D eigenvalue weighted by atomic mass is 35.5. The maximum absolute atomic E-state index is 12.0. The number of hydrogen-bond acceptors (Lipinski definition) is 2. The fourth-order valence-electron chi connectivity index (χ4n) is 2.54. The highest BCUT2D eigenvalue weighted by Crippen LogP contribution is 2.21. The minimum atomic E-state index is -1.12. The first-order valence-corrected chi connectivity index (χ1v) is 7.54. The van der Waals surface area contributed by atoms with Crippen molar-refractivity contribution in [1.82, 2.24) is 5.32 Å². The van der Waals surface area contributed by atoms with Gasteiger partial charge in [-0.2, -0.15) is 0 Å². The van der Waals surface area contributed by atoms with Gasteiger partial charge in [-0.25, -0.2) is 9.59 Å². The van der Waals surface area contributed by atoms with Crippen molar-refractivity contribution in [3.05, 3.63) is 28.8 Å². The molecule has 0 bridgehead atoms. The van der Waals surface area contributed by atoms with Gasteiger partial charge in [-0.1, -0.05) is 37.3 Å². The molecule has 5 nitrogen and oxygen atoms in total. The van der Waals surface area contributed by atoms with Crippen LogP contribution in [0.25, 0.3) is 0 Å². The van der Waals surface area contributed by atoms with E-state index in [9.17, 15) is 9.59 Å². The number of hydrogen-bond donors (Lipinski definition) is 3. The fourth-order valence-corrected chi connectivity index (χ4v) is 2.74. The van der Waals surface area contributed by atoms with Crippen molar-refractivity contribution in [2.75, 3.05) is 5.32 Å². The van der Waals surface area contributed by atoms with Crippen LogP contribution >= 0.6 is 11.6 Å². The van der Waals surface area contributed by atoms with Crippen LogP contribution in [0.4, 0.5) is 10.5 Å². The number of amides is 2. The van der Waals surface area contributed by atoms with Crippen molar-refractivity contribution in [1.29, 1.82) is 0 Å². The first-order chi connectivity index (χ1) is 10.1. The van der Waals surface area contributed by atoms with Crippen molar-refractivity contribution < 1.29 is 14.7 Å². The molecular formula is C15H19ClN2O3. The molecule has 1 fully saturated rings. The Balaban J connectivity index is 1.95. The molecule has 0 atom stereocenters. The van der Waals surface area contributed by atoms with Crippen LogP contribution < -0.4 is 10.6 Å². The number of nitrogens with one attached hydrogen (secondary N) is 2. The molecule has 0 spiro atoms. The lowest BCUT2D eigenvalue weighted by atomic mass is 10.1. The summed E-state index contributed by atoms with van der Waals surface area (Å²) in [5, 5.41) is 14.8. The molecule has 0 saturated heterocycles. The number of benzene rings is 1. The van der Waals surface area contributed by atoms with Crippen molar-refractivity contribution in [2.24, 2.45) is 0 Å². The summed E-state index contributed by atoms with van der Waals surface area (Å²) >= 11 is 5.79. The number of carbonyl (C=O) groups excluding carboxylic acids is 1. The van der Waals surface area contributed by atoms with Gasteiger partial charge in [0.15, 0.2) is 0 Å². The minimum Gasteiger partial charge on any atom is -0.478 e. The molecule has 0 aromatic heterocycles. The molecule has 1 saturated carbocycles. The van der Waals surface area contributed by atoms with E-state index in [0.717, 1.165) is 25.7 Å². The number of carbonyl (C=O) groups is 2. The van der Waals surface area contributed by atoms with E-state index < -0.39 is 5.97 Å². The molecule has 1 aliphatic rings. The van der Waals surface area contributed by atoms with Gasteiger partial charge in [0.1, 0.15) is 0 Å². The van der Waals surface area contributed by atoms with Crippen molar-refractivity contribution >= 4 is 29.3 Å². The third kappa shape index (κ3) is 4.63. The van der Waals surface area contributed by atoms with Crippen LogP contribution in [0.2, 0.25) is 5.02 Å². The molecule has 0 radical (unpaired) electrons. The second-order valence-corrected chi connectivity index (χ2v) is 5.69. The van der Waals surface area contributed by atoms with E-state index in [2.05, 4.69) is 10.6 Å². The zero-order chi connectivity index (χ0) is 15.2. The van der Waals surface area contributed by atoms with Crippen LogP contribution in [0.3, 0.4) is 0 Å². The number of anilines is 1. The molecule has 0 aliphatic heterocycles. The summed E-state index contributed by atoms with van der Waals surface area (Å²) in [6.07, 6.45) is 6.70. The predicted octanol–water partition coefficient (Wildman–Crippen LogP) is 3.88. The van der Waals surface area contributed by atoms with Crippen molar-refractivity contribution in [3.8, 4) is 0 Å². The first-order valence-electron chi connectivity index (χ1n) is 7.16.